The number of aromatic nitrogens is 3. The van der Waals surface area contributed by atoms with E-state index in [2.05, 4.69) is 30.5 Å². The van der Waals surface area contributed by atoms with Crippen molar-refractivity contribution < 1.29 is 4.79 Å². The molecule has 2 aliphatic heterocycles. The molecule has 0 bridgehead atoms. The van der Waals surface area contributed by atoms with Crippen LogP contribution in [0.15, 0.2) is 0 Å². The molecule has 2 saturated heterocycles. The number of carbonyl (C=O) groups excluding carboxylic acids is 1. The number of anilines is 2. The summed E-state index contributed by atoms with van der Waals surface area (Å²) < 4.78 is 0. The predicted molar refractivity (Wildman–Crippen MR) is 75.9 cm³/mol. The lowest BCUT2D eigenvalue weighted by Gasteiger charge is -2.24. The first-order valence-electron chi connectivity index (χ1n) is 6.90. The molecule has 0 radical (unpaired) electrons. The fraction of sp³-hybridized carbons (Fsp3) is 0.667. The summed E-state index contributed by atoms with van der Waals surface area (Å²) in [5.74, 6) is 1.20. The van der Waals surface area contributed by atoms with Gasteiger partial charge in [-0.1, -0.05) is 0 Å². The van der Waals surface area contributed by atoms with E-state index in [1.165, 1.54) is 0 Å². The first kappa shape index (κ1) is 13.4. The lowest BCUT2D eigenvalue weighted by molar-refractivity contribution is -0.122. The molecular weight excluding hydrogens is 280 g/mol. The maximum Gasteiger partial charge on any atom is 0.231 e. The molecule has 3 rings (SSSR count). The van der Waals surface area contributed by atoms with E-state index in [0.717, 1.165) is 32.4 Å². The third-order valence-corrected chi connectivity index (χ3v) is 3.75. The maximum atomic E-state index is 11.1. The van der Waals surface area contributed by atoms with Crippen molar-refractivity contribution >= 4 is 29.4 Å². The van der Waals surface area contributed by atoms with Gasteiger partial charge in [-0.3, -0.25) is 4.79 Å². The van der Waals surface area contributed by atoms with Crippen LogP contribution in [0.2, 0.25) is 5.28 Å². The molecule has 1 aromatic rings. The molecular formula is C12H17ClN6O. The Hall–Kier alpha value is -1.63. The molecule has 108 valence electrons. The van der Waals surface area contributed by atoms with E-state index >= 15 is 0 Å². The lowest BCUT2D eigenvalue weighted by atomic mass is 10.1. The van der Waals surface area contributed by atoms with Crippen molar-refractivity contribution in [1.29, 1.82) is 0 Å². The van der Waals surface area contributed by atoms with E-state index in [1.54, 1.807) is 0 Å². The van der Waals surface area contributed by atoms with E-state index in [-0.39, 0.29) is 17.2 Å². The molecule has 1 aromatic heterocycles. The third kappa shape index (κ3) is 3.09. The minimum atomic E-state index is 0.0921. The fourth-order valence-corrected chi connectivity index (χ4v) is 2.66. The van der Waals surface area contributed by atoms with E-state index in [0.29, 0.717) is 24.9 Å². The standard InChI is InChI=1S/C12H17ClN6O/c13-10-16-11(15-8-3-4-9(20)14-7-8)18-12(17-10)19-5-1-2-6-19/h8H,1-7H2,(H,14,20)(H,15,16,17,18). The van der Waals surface area contributed by atoms with Crippen LogP contribution in [0.4, 0.5) is 11.9 Å². The van der Waals surface area contributed by atoms with Crippen LogP contribution in [0.25, 0.3) is 0 Å². The molecule has 1 unspecified atom stereocenters. The van der Waals surface area contributed by atoms with E-state index in [1.807, 2.05) is 0 Å². The molecule has 3 heterocycles. The Morgan fingerprint density at radius 3 is 2.75 bits per heavy atom. The quantitative estimate of drug-likeness (QED) is 0.859. The van der Waals surface area contributed by atoms with Crippen LogP contribution in [0.3, 0.4) is 0 Å². The monoisotopic (exact) mass is 296 g/mol. The van der Waals surface area contributed by atoms with Gasteiger partial charge >= 0.3 is 0 Å². The number of nitrogens with zero attached hydrogens (tertiary/aromatic N) is 4. The number of amides is 1. The molecule has 7 nitrogen and oxygen atoms in total. The lowest BCUT2D eigenvalue weighted by Crippen LogP contribution is -2.42. The van der Waals surface area contributed by atoms with Gasteiger partial charge < -0.3 is 15.5 Å². The summed E-state index contributed by atoms with van der Waals surface area (Å²) in [6, 6.07) is 0.137. The van der Waals surface area contributed by atoms with E-state index in [9.17, 15) is 4.79 Å². The summed E-state index contributed by atoms with van der Waals surface area (Å²) in [4.78, 5) is 26.0. The Morgan fingerprint density at radius 2 is 2.05 bits per heavy atom. The topological polar surface area (TPSA) is 83.0 Å². The summed E-state index contributed by atoms with van der Waals surface area (Å²) in [6.45, 7) is 2.50. The van der Waals surface area contributed by atoms with Crippen LogP contribution in [-0.4, -0.2) is 46.5 Å². The van der Waals surface area contributed by atoms with E-state index in [4.69, 9.17) is 11.6 Å². The van der Waals surface area contributed by atoms with Crippen molar-refractivity contribution in [2.45, 2.75) is 31.7 Å². The Labute approximate surface area is 122 Å². The van der Waals surface area contributed by atoms with Crippen molar-refractivity contribution in [3.63, 3.8) is 0 Å². The van der Waals surface area contributed by atoms with Crippen LogP contribution < -0.4 is 15.5 Å². The smallest absolute Gasteiger partial charge is 0.231 e. The Morgan fingerprint density at radius 1 is 1.25 bits per heavy atom. The average molecular weight is 297 g/mol. The molecule has 1 amide bonds. The Balaban J connectivity index is 1.70. The van der Waals surface area contributed by atoms with E-state index < -0.39 is 0 Å². The number of nitrogens with one attached hydrogen (secondary N) is 2. The van der Waals surface area contributed by atoms with Gasteiger partial charge in [0.15, 0.2) is 0 Å². The van der Waals surface area contributed by atoms with Gasteiger partial charge in [-0.05, 0) is 30.9 Å². The summed E-state index contributed by atoms with van der Waals surface area (Å²) in [7, 11) is 0. The normalized spacial score (nSPS) is 22.8. The van der Waals surface area contributed by atoms with Gasteiger partial charge in [-0.15, -0.1) is 0 Å². The molecule has 0 saturated carbocycles. The predicted octanol–water partition coefficient (Wildman–Crippen LogP) is 0.816. The molecule has 0 aromatic carbocycles. The highest BCUT2D eigenvalue weighted by Gasteiger charge is 2.21. The van der Waals surface area contributed by atoms with Crippen molar-refractivity contribution in [3.05, 3.63) is 5.28 Å². The van der Waals surface area contributed by atoms with Crippen molar-refractivity contribution in [2.24, 2.45) is 0 Å². The summed E-state index contributed by atoms with van der Waals surface area (Å²) >= 11 is 5.97. The number of piperidine rings is 1. The first-order valence-corrected chi connectivity index (χ1v) is 7.28. The second kappa shape index (κ2) is 5.78. The molecule has 2 fully saturated rings. The number of hydrogen-bond donors (Lipinski definition) is 2. The van der Waals surface area contributed by atoms with Crippen molar-refractivity contribution in [2.75, 3.05) is 29.9 Å². The number of carbonyl (C=O) groups is 1. The molecule has 8 heteroatoms. The van der Waals surface area contributed by atoms with Crippen LogP contribution in [-0.2, 0) is 4.79 Å². The zero-order valence-electron chi connectivity index (χ0n) is 11.1. The molecule has 2 aliphatic rings. The second-order valence-corrected chi connectivity index (χ2v) is 5.44. The van der Waals surface area contributed by atoms with Gasteiger partial charge in [0.25, 0.3) is 0 Å². The minimum Gasteiger partial charge on any atom is -0.354 e. The zero-order chi connectivity index (χ0) is 13.9. The van der Waals surface area contributed by atoms with Gasteiger partial charge in [0.2, 0.25) is 23.1 Å². The molecule has 0 spiro atoms. The van der Waals surface area contributed by atoms with Crippen LogP contribution in [0.1, 0.15) is 25.7 Å². The van der Waals surface area contributed by atoms with Gasteiger partial charge in [-0.2, -0.15) is 15.0 Å². The molecule has 2 N–H and O–H groups in total. The van der Waals surface area contributed by atoms with Crippen molar-refractivity contribution in [1.82, 2.24) is 20.3 Å². The highest BCUT2D eigenvalue weighted by atomic mass is 35.5. The average Bonchev–Trinajstić information content (AvgIpc) is 2.95. The van der Waals surface area contributed by atoms with Gasteiger partial charge in [0, 0.05) is 32.1 Å². The van der Waals surface area contributed by atoms with Gasteiger partial charge in [-0.25, -0.2) is 0 Å². The Bertz CT molecular complexity index is 495. The highest BCUT2D eigenvalue weighted by Crippen LogP contribution is 2.19. The molecule has 20 heavy (non-hydrogen) atoms. The number of hydrogen-bond acceptors (Lipinski definition) is 6. The SMILES string of the molecule is O=C1CCC(Nc2nc(Cl)nc(N3CCCC3)n2)CN1. The zero-order valence-corrected chi connectivity index (χ0v) is 11.9. The second-order valence-electron chi connectivity index (χ2n) is 5.11. The number of rotatable bonds is 3. The minimum absolute atomic E-state index is 0.0921. The number of halogens is 1. The summed E-state index contributed by atoms with van der Waals surface area (Å²) in [6.07, 6.45) is 3.60. The van der Waals surface area contributed by atoms with Crippen molar-refractivity contribution in [3.8, 4) is 0 Å². The summed E-state index contributed by atoms with van der Waals surface area (Å²) in [5, 5.41) is 6.24. The largest absolute Gasteiger partial charge is 0.354 e. The first-order chi connectivity index (χ1) is 9.70. The summed E-state index contributed by atoms with van der Waals surface area (Å²) in [5.41, 5.74) is 0. The highest BCUT2D eigenvalue weighted by molar-refractivity contribution is 6.28. The maximum absolute atomic E-state index is 11.1. The molecule has 1 atom stereocenters. The van der Waals surface area contributed by atoms with Gasteiger partial charge in [0.05, 0.1) is 0 Å². The van der Waals surface area contributed by atoms with Gasteiger partial charge in [0.1, 0.15) is 0 Å². The Kier molecular flexibility index (Phi) is 3.86. The van der Waals surface area contributed by atoms with Crippen LogP contribution in [0.5, 0.6) is 0 Å². The van der Waals surface area contributed by atoms with Crippen LogP contribution in [0, 0.1) is 0 Å². The third-order valence-electron chi connectivity index (χ3n) is 3.58. The molecule has 0 aliphatic carbocycles. The fourth-order valence-electron chi connectivity index (χ4n) is 2.50. The van der Waals surface area contributed by atoms with Crippen LogP contribution >= 0.6 is 11.6 Å².